The maximum absolute atomic E-state index is 12.5. The summed E-state index contributed by atoms with van der Waals surface area (Å²) in [6, 6.07) is 34.2. The lowest BCUT2D eigenvalue weighted by Crippen LogP contribution is -2.52. The number of rotatable bonds is 33. The molecule has 1 saturated heterocycles. The quantitative estimate of drug-likeness (QED) is 0.0104. The first kappa shape index (κ1) is 92.6. The number of aryl methyl sites for hydroxylation is 1. The number of ketones is 1. The van der Waals surface area contributed by atoms with Crippen LogP contribution in [-0.4, -0.2) is 192 Å². The van der Waals surface area contributed by atoms with Crippen molar-refractivity contribution in [3.8, 4) is 28.7 Å². The molecule has 4 atom stereocenters. The number of alkyl carbamates (subject to hydrolysis) is 2. The van der Waals surface area contributed by atoms with Crippen LogP contribution in [0.2, 0.25) is 0 Å². The number of aromatic nitrogens is 2. The maximum Gasteiger partial charge on any atom is 0.407 e. The van der Waals surface area contributed by atoms with E-state index in [4.69, 9.17) is 75.7 Å². The fourth-order valence-corrected chi connectivity index (χ4v) is 8.43. The van der Waals surface area contributed by atoms with Gasteiger partial charge >= 0.3 is 17.9 Å². The predicted octanol–water partition coefficient (Wildman–Crippen LogP) is 9.53. The van der Waals surface area contributed by atoms with Crippen LogP contribution >= 0.6 is 0 Å². The van der Waals surface area contributed by atoms with Crippen molar-refractivity contribution in [1.82, 2.24) is 41.9 Å². The van der Waals surface area contributed by atoms with Crippen molar-refractivity contribution in [2.75, 3.05) is 85.5 Å². The number of amides is 3. The molecule has 3 amide bonds. The standard InChI is InChI=1S/C27H31N5O6.C19H29N3O4.C14H21N3O2.C10H9NO2.C9H20N2O2/c1-17-24(32-26(36)31-17)25(35)18-9-11-20(12-10-18)37-15-23(34)29-16-27(2,3)30-13-19(33)14-38-22-8-6-5-7-21(22)28-4;1-18(2,3)26-17(24)21-13-19(4,5)22-11-14(23)12-25-16-10-8-7-9-15(16)20-6;1-14(2,10-15)17-8-11(18)9-19-13-7-5-4-6-12(13)16-3;1-11-9-4-2-3-5-10(9)13-7-8-6-12-8;1-8(2,3)13-7(12)11-6-9(4,5)10/h5-12,19,30,33H,13-16H2,1-3H3,(H,29,34)(H2,31,32,36);7-10,14,22-23H,11-13H2,1-5H3,(H,21,24);4-7,11,17-18H,8-10,15H2,1-2H3;2-5,8H,6-7H2;6,10H2,1-5H3,(H,11,12)/t19-;;11-;;/m0.0../s1. The van der Waals surface area contributed by atoms with Gasteiger partial charge in [-0.2, -0.15) is 0 Å². The van der Waals surface area contributed by atoms with E-state index >= 15 is 0 Å². The Morgan fingerprint density at radius 1 is 0.523 bits per heavy atom. The Kier molecular flexibility index (Phi) is 38.5. The van der Waals surface area contributed by atoms with Gasteiger partial charge in [0, 0.05) is 79.2 Å². The number of ether oxygens (including phenoxy) is 8. The molecule has 7 rings (SSSR count). The molecular formula is C79H110N14O16. The second kappa shape index (κ2) is 45.3. The highest BCUT2D eigenvalue weighted by atomic mass is 16.6. The van der Waals surface area contributed by atoms with Gasteiger partial charge in [0.15, 0.2) is 6.61 Å². The first-order valence-corrected chi connectivity index (χ1v) is 35.1. The number of benzene rings is 5. The summed E-state index contributed by atoms with van der Waals surface area (Å²) in [5.41, 5.74) is 11.1. The lowest BCUT2D eigenvalue weighted by Gasteiger charge is -2.29. The van der Waals surface area contributed by atoms with Gasteiger partial charge < -0.3 is 107 Å². The van der Waals surface area contributed by atoms with Gasteiger partial charge in [-0.25, -0.2) is 33.8 Å². The zero-order chi connectivity index (χ0) is 81.6. The van der Waals surface area contributed by atoms with Gasteiger partial charge in [0.25, 0.3) is 5.91 Å². The number of hydrogen-bond acceptors (Lipinski definition) is 21. The van der Waals surface area contributed by atoms with E-state index in [1.54, 1.807) is 137 Å². The van der Waals surface area contributed by atoms with Crippen molar-refractivity contribution in [3.05, 3.63) is 194 Å². The summed E-state index contributed by atoms with van der Waals surface area (Å²) in [4.78, 5) is 77.5. The zero-order valence-electron chi connectivity index (χ0n) is 65.1. The molecule has 5 aromatic carbocycles. The van der Waals surface area contributed by atoms with E-state index in [1.807, 2.05) is 88.3 Å². The molecule has 15 N–H and O–H groups in total. The van der Waals surface area contributed by atoms with Gasteiger partial charge in [0.05, 0.1) is 32.9 Å². The van der Waals surface area contributed by atoms with E-state index in [0.29, 0.717) is 95.5 Å². The lowest BCUT2D eigenvalue weighted by molar-refractivity contribution is -0.123. The van der Waals surface area contributed by atoms with Crippen LogP contribution in [0, 0.1) is 33.2 Å². The molecule has 1 aromatic heterocycles. The van der Waals surface area contributed by atoms with Crippen molar-refractivity contribution in [2.24, 2.45) is 11.5 Å². The molecule has 1 fully saturated rings. The summed E-state index contributed by atoms with van der Waals surface area (Å²) in [6.45, 7) is 59.6. The van der Waals surface area contributed by atoms with Crippen molar-refractivity contribution >= 4 is 46.6 Å². The molecule has 30 heteroatoms. The summed E-state index contributed by atoms with van der Waals surface area (Å²) in [5.74, 6) is 1.76. The van der Waals surface area contributed by atoms with Crippen LogP contribution in [0.25, 0.3) is 19.4 Å². The first-order valence-electron chi connectivity index (χ1n) is 35.1. The zero-order valence-corrected chi connectivity index (χ0v) is 65.1. The van der Waals surface area contributed by atoms with E-state index in [2.05, 4.69) is 61.2 Å². The molecule has 0 spiro atoms. The van der Waals surface area contributed by atoms with Crippen LogP contribution in [0.5, 0.6) is 28.7 Å². The molecule has 592 valence electrons. The number of hydrogen-bond donors (Lipinski definition) is 13. The Labute approximate surface area is 639 Å². The van der Waals surface area contributed by atoms with E-state index in [-0.39, 0.29) is 75.1 Å². The smallest absolute Gasteiger partial charge is 0.407 e. The second-order valence-electron chi connectivity index (χ2n) is 29.7. The molecule has 0 radical (unpaired) electrons. The fourth-order valence-electron chi connectivity index (χ4n) is 8.43. The molecule has 0 saturated carbocycles. The topological polar surface area (TPSA) is 396 Å². The molecule has 30 nitrogen and oxygen atoms in total. The Hall–Kier alpha value is -10.6. The minimum atomic E-state index is -0.816. The first-order chi connectivity index (χ1) is 51.1. The number of β-amino-alcohol motifs (C(OH)–C–C–N with tert-alkyl or cyclic N) is 3. The summed E-state index contributed by atoms with van der Waals surface area (Å²) >= 11 is 0. The van der Waals surface area contributed by atoms with E-state index in [1.165, 1.54) is 0 Å². The maximum atomic E-state index is 12.5. The van der Waals surface area contributed by atoms with Crippen molar-refractivity contribution in [1.29, 1.82) is 0 Å². The summed E-state index contributed by atoms with van der Waals surface area (Å²) < 4.78 is 42.7. The predicted molar refractivity (Wildman–Crippen MR) is 417 cm³/mol. The Bertz CT molecular complexity index is 4030. The van der Waals surface area contributed by atoms with Crippen molar-refractivity contribution < 1.29 is 72.4 Å². The largest absolute Gasteiger partial charge is 0.502 e. The van der Waals surface area contributed by atoms with E-state index in [0.717, 1.165) is 6.61 Å². The minimum Gasteiger partial charge on any atom is -0.502 e. The number of epoxide rings is 1. The summed E-state index contributed by atoms with van der Waals surface area (Å²) in [5, 5.41) is 47.8. The summed E-state index contributed by atoms with van der Waals surface area (Å²) in [6.07, 6.45) is -2.89. The van der Waals surface area contributed by atoms with Crippen LogP contribution in [0.3, 0.4) is 0 Å². The molecule has 6 aromatic rings. The number of H-pyrrole nitrogens is 2. The highest BCUT2D eigenvalue weighted by molar-refractivity contribution is 6.08. The number of aromatic amines is 2. The fraction of sp³-hybridized carbons (Fsp3) is 0.481. The van der Waals surface area contributed by atoms with Gasteiger partial charge in [-0.15, -0.1) is 0 Å². The van der Waals surface area contributed by atoms with E-state index in [9.17, 15) is 39.3 Å². The Morgan fingerprint density at radius 3 is 1.22 bits per heavy atom. The summed E-state index contributed by atoms with van der Waals surface area (Å²) in [7, 11) is 0. The number of carbonyl (C=O) groups excluding carboxylic acids is 4. The van der Waals surface area contributed by atoms with Crippen LogP contribution in [0.4, 0.5) is 32.3 Å². The van der Waals surface area contributed by atoms with Crippen LogP contribution in [-0.2, 0) is 19.0 Å². The lowest BCUT2D eigenvalue weighted by atomic mass is 10.1. The van der Waals surface area contributed by atoms with Crippen LogP contribution < -0.4 is 72.7 Å². The molecule has 0 bridgehead atoms. The minimum absolute atomic E-state index is 0.0168. The number of para-hydroxylation sites is 8. The third-order valence-electron chi connectivity index (χ3n) is 14.5. The molecular weight excluding hydrogens is 1400 g/mol. The van der Waals surface area contributed by atoms with Gasteiger partial charge in [-0.05, 0) is 152 Å². The Balaban J connectivity index is 0.000000377. The van der Waals surface area contributed by atoms with Gasteiger partial charge in [-0.3, -0.25) is 9.59 Å². The average Bonchev–Trinajstić information content (AvgIpc) is 1.71. The van der Waals surface area contributed by atoms with Crippen molar-refractivity contribution in [3.63, 3.8) is 0 Å². The SMILES string of the molecule is CC(C)(N)CNC(=O)OC(C)(C)C.[C-]#[N+]c1ccccc1OCC(O)CNC(C)(C)CNC(=O)OC(C)(C)C.[C-]#[N+]c1ccccc1OCC1CO1.[C-]#[N+]c1ccccc1OC[C@@H](O)CNC(C)(C)CN.[C-]#[N+]c1ccccc1OC[C@@H](O)CNC(C)(C)CNC(=O)COc1ccc(C(=O)c2[nH]c(=O)[nH]c2C)cc1. The van der Waals surface area contributed by atoms with E-state index < -0.39 is 64.0 Å². The molecule has 0 aliphatic carbocycles. The van der Waals surface area contributed by atoms with Gasteiger partial charge in [-0.1, -0.05) is 72.8 Å². The molecule has 2 heterocycles. The van der Waals surface area contributed by atoms with Gasteiger partial charge in [0.2, 0.25) is 28.5 Å². The van der Waals surface area contributed by atoms with Gasteiger partial charge in [0.1, 0.15) is 96.5 Å². The van der Waals surface area contributed by atoms with Crippen molar-refractivity contribution in [2.45, 2.75) is 162 Å². The van der Waals surface area contributed by atoms with Crippen LogP contribution in [0.15, 0.2) is 126 Å². The number of aliphatic hydroxyl groups excluding tert-OH is 3. The number of aliphatic hydroxyl groups is 3. The third kappa shape index (κ3) is 40.2. The normalized spacial score (nSPS) is 13.2. The molecule has 109 heavy (non-hydrogen) atoms. The average molecular weight is 1510 g/mol. The van der Waals surface area contributed by atoms with Crippen LogP contribution in [0.1, 0.15) is 119 Å². The number of nitrogens with two attached hydrogens (primary N) is 2. The number of nitrogens with zero attached hydrogens (tertiary/aromatic N) is 4. The number of carbonyl (C=O) groups is 4. The third-order valence-corrected chi connectivity index (χ3v) is 14.5. The molecule has 1 aliphatic rings. The highest BCUT2D eigenvalue weighted by Crippen LogP contribution is 2.30. The monoisotopic (exact) mass is 1510 g/mol. The second-order valence-corrected chi connectivity index (χ2v) is 29.7. The molecule has 2 unspecified atom stereocenters. The highest BCUT2D eigenvalue weighted by Gasteiger charge is 2.26. The number of imidazole rings is 1. The Morgan fingerprint density at radius 2 is 0.881 bits per heavy atom. The molecule has 1 aliphatic heterocycles. The number of nitrogens with one attached hydrogen (secondary N) is 8.